The molecule has 2 amide bonds. The fourth-order valence-electron chi connectivity index (χ4n) is 2.81. The largest absolute Gasteiger partial charge is 0.450 e. The minimum absolute atomic E-state index is 0.0992. The first-order chi connectivity index (χ1) is 13.1. The fourth-order valence-corrected chi connectivity index (χ4v) is 2.81. The van der Waals surface area contributed by atoms with Gasteiger partial charge < -0.3 is 25.2 Å². The third-order valence-electron chi connectivity index (χ3n) is 4.29. The van der Waals surface area contributed by atoms with Gasteiger partial charge >= 0.3 is 6.09 Å². The van der Waals surface area contributed by atoms with Gasteiger partial charge in [0.05, 0.1) is 13.2 Å². The van der Waals surface area contributed by atoms with Crippen LogP contribution in [-0.4, -0.2) is 74.1 Å². The quantitative estimate of drug-likeness (QED) is 0.598. The van der Waals surface area contributed by atoms with Gasteiger partial charge in [0.15, 0.2) is 5.96 Å². The Morgan fingerprint density at radius 3 is 2.26 bits per heavy atom. The number of amides is 2. The highest BCUT2D eigenvalue weighted by atomic mass is 16.6. The van der Waals surface area contributed by atoms with Crippen molar-refractivity contribution in [1.82, 2.24) is 20.4 Å². The number of benzene rings is 1. The molecule has 0 atom stereocenters. The molecule has 0 aromatic heterocycles. The number of aliphatic imine (C=N–C) groups is 1. The Labute approximate surface area is 160 Å². The first kappa shape index (κ1) is 20.5. The average molecular weight is 375 g/mol. The predicted octanol–water partition coefficient (Wildman–Crippen LogP) is 1.29. The van der Waals surface area contributed by atoms with Crippen LogP contribution in [0.3, 0.4) is 0 Å². The van der Waals surface area contributed by atoms with Gasteiger partial charge in [0.1, 0.15) is 0 Å². The zero-order chi connectivity index (χ0) is 19.6. The molecule has 1 aliphatic heterocycles. The van der Waals surface area contributed by atoms with Gasteiger partial charge in [0.2, 0.25) is 0 Å². The van der Waals surface area contributed by atoms with Crippen molar-refractivity contribution in [2.24, 2.45) is 4.99 Å². The summed E-state index contributed by atoms with van der Waals surface area (Å²) in [6, 6.07) is 7.43. The van der Waals surface area contributed by atoms with Crippen LogP contribution < -0.4 is 10.6 Å². The molecule has 27 heavy (non-hydrogen) atoms. The number of nitrogens with one attached hydrogen (secondary N) is 2. The molecule has 0 unspecified atom stereocenters. The molecule has 0 aliphatic carbocycles. The normalized spacial score (nSPS) is 14.7. The topological polar surface area (TPSA) is 86.3 Å². The zero-order valence-electron chi connectivity index (χ0n) is 16.3. The van der Waals surface area contributed by atoms with Gasteiger partial charge in [-0.2, -0.15) is 0 Å². The SMILES string of the molecule is CCNC(=NCc1ccc(C(=O)NC)cc1)N1CCN(C(=O)OCC)CC1. The highest BCUT2D eigenvalue weighted by Crippen LogP contribution is 2.08. The number of hydrogen-bond acceptors (Lipinski definition) is 4. The molecule has 148 valence electrons. The number of carbonyl (C=O) groups excluding carboxylic acids is 2. The number of guanidine groups is 1. The van der Waals surface area contributed by atoms with E-state index in [2.05, 4.69) is 15.5 Å². The zero-order valence-corrected chi connectivity index (χ0v) is 16.3. The Bertz CT molecular complexity index is 652. The highest BCUT2D eigenvalue weighted by Gasteiger charge is 2.23. The van der Waals surface area contributed by atoms with Crippen molar-refractivity contribution in [3.8, 4) is 0 Å². The minimum Gasteiger partial charge on any atom is -0.450 e. The van der Waals surface area contributed by atoms with Gasteiger partial charge in [-0.25, -0.2) is 9.79 Å². The molecule has 2 N–H and O–H groups in total. The smallest absolute Gasteiger partial charge is 0.409 e. The lowest BCUT2D eigenvalue weighted by molar-refractivity contribution is 0.0913. The number of carbonyl (C=O) groups is 2. The van der Waals surface area contributed by atoms with Crippen molar-refractivity contribution >= 4 is 18.0 Å². The van der Waals surface area contributed by atoms with Crippen molar-refractivity contribution in [2.75, 3.05) is 46.4 Å². The van der Waals surface area contributed by atoms with Gasteiger partial charge in [-0.1, -0.05) is 12.1 Å². The van der Waals surface area contributed by atoms with E-state index in [1.165, 1.54) is 0 Å². The van der Waals surface area contributed by atoms with E-state index in [1.807, 2.05) is 26.0 Å². The molecule has 1 saturated heterocycles. The second kappa shape index (κ2) is 10.4. The Kier molecular flexibility index (Phi) is 7.91. The summed E-state index contributed by atoms with van der Waals surface area (Å²) in [4.78, 5) is 32.0. The van der Waals surface area contributed by atoms with Crippen molar-refractivity contribution < 1.29 is 14.3 Å². The number of hydrogen-bond donors (Lipinski definition) is 2. The number of rotatable bonds is 5. The molecular formula is C19H29N5O3. The van der Waals surface area contributed by atoms with E-state index in [9.17, 15) is 9.59 Å². The van der Waals surface area contributed by atoms with Crippen molar-refractivity contribution in [2.45, 2.75) is 20.4 Å². The average Bonchev–Trinajstić information content (AvgIpc) is 2.71. The third-order valence-corrected chi connectivity index (χ3v) is 4.29. The first-order valence-electron chi connectivity index (χ1n) is 9.35. The van der Waals surface area contributed by atoms with Gasteiger partial charge in [-0.05, 0) is 31.5 Å². The second-order valence-corrected chi connectivity index (χ2v) is 6.12. The van der Waals surface area contributed by atoms with E-state index in [-0.39, 0.29) is 12.0 Å². The molecule has 0 bridgehead atoms. The maximum atomic E-state index is 11.8. The molecule has 1 fully saturated rings. The molecule has 0 saturated carbocycles. The summed E-state index contributed by atoms with van der Waals surface area (Å²) in [6.45, 7) is 8.17. The van der Waals surface area contributed by atoms with Crippen LogP contribution in [0.4, 0.5) is 4.79 Å². The molecule has 1 aliphatic rings. The number of ether oxygens (including phenoxy) is 1. The van der Waals surface area contributed by atoms with Crippen LogP contribution in [0.25, 0.3) is 0 Å². The van der Waals surface area contributed by atoms with Crippen LogP contribution in [0.2, 0.25) is 0 Å². The first-order valence-corrected chi connectivity index (χ1v) is 9.35. The van der Waals surface area contributed by atoms with Crippen LogP contribution in [0.5, 0.6) is 0 Å². The lowest BCUT2D eigenvalue weighted by Gasteiger charge is -2.35. The predicted molar refractivity (Wildman–Crippen MR) is 105 cm³/mol. The molecule has 8 heteroatoms. The minimum atomic E-state index is -0.254. The van der Waals surface area contributed by atoms with E-state index in [0.29, 0.717) is 44.9 Å². The van der Waals surface area contributed by atoms with Gasteiger partial charge in [0, 0.05) is 45.3 Å². The third kappa shape index (κ3) is 5.87. The van der Waals surface area contributed by atoms with Crippen LogP contribution in [-0.2, 0) is 11.3 Å². The summed E-state index contributed by atoms with van der Waals surface area (Å²) in [6.07, 6.45) is -0.254. The fraction of sp³-hybridized carbons (Fsp3) is 0.526. The molecule has 1 heterocycles. The molecule has 0 radical (unpaired) electrons. The van der Waals surface area contributed by atoms with Crippen molar-refractivity contribution in [1.29, 1.82) is 0 Å². The Balaban J connectivity index is 1.96. The lowest BCUT2D eigenvalue weighted by atomic mass is 10.1. The monoisotopic (exact) mass is 375 g/mol. The van der Waals surface area contributed by atoms with Gasteiger partial charge in [-0.3, -0.25) is 4.79 Å². The summed E-state index contributed by atoms with van der Waals surface area (Å²) >= 11 is 0. The molecule has 8 nitrogen and oxygen atoms in total. The number of nitrogens with zero attached hydrogens (tertiary/aromatic N) is 3. The summed E-state index contributed by atoms with van der Waals surface area (Å²) in [5, 5.41) is 5.92. The van der Waals surface area contributed by atoms with E-state index < -0.39 is 0 Å². The van der Waals surface area contributed by atoms with E-state index in [1.54, 1.807) is 24.1 Å². The summed E-state index contributed by atoms with van der Waals surface area (Å²) in [7, 11) is 1.62. The standard InChI is InChI=1S/C19H29N5O3/c1-4-21-18(23-10-12-24(13-11-23)19(26)27-5-2)22-14-15-6-8-16(9-7-15)17(25)20-3/h6-9H,4-5,10-14H2,1-3H3,(H,20,25)(H,21,22). The highest BCUT2D eigenvalue weighted by molar-refractivity contribution is 5.93. The van der Waals surface area contributed by atoms with E-state index in [0.717, 1.165) is 18.1 Å². The Morgan fingerprint density at radius 1 is 1.07 bits per heavy atom. The van der Waals surface area contributed by atoms with Crippen molar-refractivity contribution in [3.63, 3.8) is 0 Å². The maximum Gasteiger partial charge on any atom is 0.409 e. The van der Waals surface area contributed by atoms with Gasteiger partial charge in [0.25, 0.3) is 5.91 Å². The van der Waals surface area contributed by atoms with Crippen LogP contribution >= 0.6 is 0 Å². The Morgan fingerprint density at radius 2 is 1.70 bits per heavy atom. The molecule has 0 spiro atoms. The van der Waals surface area contributed by atoms with Crippen LogP contribution in [0.15, 0.2) is 29.3 Å². The summed E-state index contributed by atoms with van der Waals surface area (Å²) < 4.78 is 5.06. The van der Waals surface area contributed by atoms with Crippen LogP contribution in [0, 0.1) is 0 Å². The molecule has 1 aromatic rings. The van der Waals surface area contributed by atoms with Gasteiger partial charge in [-0.15, -0.1) is 0 Å². The molecular weight excluding hydrogens is 346 g/mol. The van der Waals surface area contributed by atoms with Crippen molar-refractivity contribution in [3.05, 3.63) is 35.4 Å². The summed E-state index contributed by atoms with van der Waals surface area (Å²) in [5.41, 5.74) is 1.66. The van der Waals surface area contributed by atoms with E-state index in [4.69, 9.17) is 9.73 Å². The van der Waals surface area contributed by atoms with E-state index >= 15 is 0 Å². The van der Waals surface area contributed by atoms with Crippen LogP contribution in [0.1, 0.15) is 29.8 Å². The Hall–Kier alpha value is -2.77. The molecule has 2 rings (SSSR count). The summed E-state index contributed by atoms with van der Waals surface area (Å²) in [5.74, 6) is 0.731. The molecule has 1 aromatic carbocycles. The maximum absolute atomic E-state index is 11.8. The number of piperazine rings is 1. The lowest BCUT2D eigenvalue weighted by Crippen LogP contribution is -2.53. The second-order valence-electron chi connectivity index (χ2n) is 6.12.